The lowest BCUT2D eigenvalue weighted by Crippen LogP contribution is -1.66. The monoisotopic (exact) mass is 187 g/mol. The third-order valence-corrected chi connectivity index (χ3v) is 1.56. The highest BCUT2D eigenvalue weighted by atomic mass is 31.1. The Bertz CT molecular complexity index is 168. The minimum atomic E-state index is -1.83. The maximum Gasteiger partial charge on any atom is 0.696 e. The average molecular weight is 187 g/mol. The third kappa shape index (κ3) is 7.35. The summed E-state index contributed by atoms with van der Waals surface area (Å²) >= 11 is 0. The van der Waals surface area contributed by atoms with E-state index in [-0.39, 0.29) is 0 Å². The van der Waals surface area contributed by atoms with E-state index in [0.717, 1.165) is 0 Å². The van der Waals surface area contributed by atoms with Crippen LogP contribution in [0.3, 0.4) is 0 Å². The lowest BCUT2D eigenvalue weighted by molar-refractivity contribution is 0.302. The van der Waals surface area contributed by atoms with Crippen molar-refractivity contribution < 1.29 is 13.6 Å². The van der Waals surface area contributed by atoms with Gasteiger partial charge in [-0.15, -0.1) is 9.05 Å². The van der Waals surface area contributed by atoms with Gasteiger partial charge in [0.25, 0.3) is 0 Å². The fourth-order valence-corrected chi connectivity index (χ4v) is 0.609. The Balaban J connectivity index is 0.000000202. The molecular formula is C8H12O3P+. The van der Waals surface area contributed by atoms with Gasteiger partial charge in [-0.2, -0.15) is 0 Å². The first kappa shape index (κ1) is 11.2. The van der Waals surface area contributed by atoms with Gasteiger partial charge in [0.2, 0.25) is 0 Å². The van der Waals surface area contributed by atoms with Crippen LogP contribution in [-0.4, -0.2) is 14.2 Å². The molecule has 0 spiro atoms. The Morgan fingerprint density at radius 1 is 0.833 bits per heavy atom. The molecule has 0 aromatic heterocycles. The number of hydrogen-bond donors (Lipinski definition) is 0. The molecule has 1 aromatic carbocycles. The Morgan fingerprint density at radius 2 is 1.08 bits per heavy atom. The van der Waals surface area contributed by atoms with Crippen molar-refractivity contribution in [1.29, 1.82) is 0 Å². The first-order valence-electron chi connectivity index (χ1n) is 3.36. The summed E-state index contributed by atoms with van der Waals surface area (Å²) in [6.07, 6.45) is 0. The highest BCUT2D eigenvalue weighted by Crippen LogP contribution is 2.18. The molecule has 0 bridgehead atoms. The first-order chi connectivity index (χ1) is 5.81. The lowest BCUT2D eigenvalue weighted by Gasteiger charge is -1.69. The van der Waals surface area contributed by atoms with Crippen LogP contribution in [0.5, 0.6) is 0 Å². The predicted molar refractivity (Wildman–Crippen MR) is 48.1 cm³/mol. The Kier molecular flexibility index (Phi) is 7.81. The highest BCUT2D eigenvalue weighted by molar-refractivity contribution is 7.33. The van der Waals surface area contributed by atoms with Gasteiger partial charge >= 0.3 is 8.25 Å². The molecule has 0 aliphatic carbocycles. The summed E-state index contributed by atoms with van der Waals surface area (Å²) in [5, 5.41) is 0. The third-order valence-electron chi connectivity index (χ3n) is 0.965. The van der Waals surface area contributed by atoms with Gasteiger partial charge in [0.1, 0.15) is 0 Å². The molecule has 1 rings (SSSR count). The van der Waals surface area contributed by atoms with Gasteiger partial charge in [-0.3, -0.25) is 0 Å². The molecule has 4 heteroatoms. The van der Waals surface area contributed by atoms with Crippen LogP contribution >= 0.6 is 8.25 Å². The summed E-state index contributed by atoms with van der Waals surface area (Å²) in [6.45, 7) is 0. The maximum absolute atomic E-state index is 9.88. The van der Waals surface area contributed by atoms with Gasteiger partial charge in [-0.1, -0.05) is 36.4 Å². The average Bonchev–Trinajstić information content (AvgIpc) is 2.20. The zero-order chi connectivity index (χ0) is 9.23. The molecular weight excluding hydrogens is 175 g/mol. The SMILES string of the molecule is CO[P+](=O)OC.c1ccccc1. The minimum Gasteiger partial charge on any atom is -0.122 e. The summed E-state index contributed by atoms with van der Waals surface area (Å²) < 4.78 is 18.3. The quantitative estimate of drug-likeness (QED) is 0.667. The second kappa shape index (κ2) is 8.34. The van der Waals surface area contributed by atoms with Crippen LogP contribution in [0.15, 0.2) is 36.4 Å². The van der Waals surface area contributed by atoms with E-state index >= 15 is 0 Å². The summed E-state index contributed by atoms with van der Waals surface area (Å²) in [7, 11) is 0.817. The molecule has 0 atom stereocenters. The second-order valence-corrected chi connectivity index (χ2v) is 2.92. The Morgan fingerprint density at radius 3 is 1.17 bits per heavy atom. The summed E-state index contributed by atoms with van der Waals surface area (Å²) in [5.41, 5.74) is 0. The molecule has 0 aliphatic heterocycles. The summed E-state index contributed by atoms with van der Waals surface area (Å²) in [6, 6.07) is 12.0. The molecule has 0 heterocycles. The fourth-order valence-electron chi connectivity index (χ4n) is 0.459. The van der Waals surface area contributed by atoms with E-state index < -0.39 is 8.25 Å². The van der Waals surface area contributed by atoms with E-state index in [9.17, 15) is 4.57 Å². The van der Waals surface area contributed by atoms with E-state index in [0.29, 0.717) is 0 Å². The molecule has 0 saturated heterocycles. The van der Waals surface area contributed by atoms with Crippen LogP contribution in [0.2, 0.25) is 0 Å². The molecule has 66 valence electrons. The van der Waals surface area contributed by atoms with Crippen molar-refractivity contribution in [3.63, 3.8) is 0 Å². The molecule has 1 aromatic rings. The molecule has 0 unspecified atom stereocenters. The largest absolute Gasteiger partial charge is 0.696 e. The van der Waals surface area contributed by atoms with Gasteiger partial charge in [0.05, 0.1) is 14.2 Å². The van der Waals surface area contributed by atoms with Crippen molar-refractivity contribution in [2.45, 2.75) is 0 Å². The van der Waals surface area contributed by atoms with Crippen molar-refractivity contribution in [1.82, 2.24) is 0 Å². The number of hydrogen-bond acceptors (Lipinski definition) is 3. The van der Waals surface area contributed by atoms with Crippen LogP contribution in [0.25, 0.3) is 0 Å². The molecule has 0 radical (unpaired) electrons. The van der Waals surface area contributed by atoms with E-state index in [1.807, 2.05) is 36.4 Å². The van der Waals surface area contributed by atoms with Crippen molar-refractivity contribution in [3.8, 4) is 0 Å². The second-order valence-electron chi connectivity index (χ2n) is 1.74. The molecule has 0 saturated carbocycles. The number of benzene rings is 1. The minimum absolute atomic E-state index is 1.32. The smallest absolute Gasteiger partial charge is 0.122 e. The van der Waals surface area contributed by atoms with Gasteiger partial charge in [-0.05, 0) is 0 Å². The van der Waals surface area contributed by atoms with Gasteiger partial charge in [0.15, 0.2) is 0 Å². The van der Waals surface area contributed by atoms with Crippen molar-refractivity contribution in [3.05, 3.63) is 36.4 Å². The summed E-state index contributed by atoms with van der Waals surface area (Å²) in [5.74, 6) is 0. The highest BCUT2D eigenvalue weighted by Gasteiger charge is 2.10. The van der Waals surface area contributed by atoms with Crippen LogP contribution in [0, 0.1) is 0 Å². The van der Waals surface area contributed by atoms with Crippen LogP contribution < -0.4 is 0 Å². The van der Waals surface area contributed by atoms with E-state index in [2.05, 4.69) is 9.05 Å². The van der Waals surface area contributed by atoms with E-state index in [1.165, 1.54) is 14.2 Å². The van der Waals surface area contributed by atoms with E-state index in [1.54, 1.807) is 0 Å². The standard InChI is InChI=1S/C6H6.C2H6O3P/c1-2-4-6-5-3-1;1-4-6(3)5-2/h1-6H;1-2H3/q;+1. The zero-order valence-electron chi connectivity index (χ0n) is 7.14. The van der Waals surface area contributed by atoms with Gasteiger partial charge in [-0.25, -0.2) is 0 Å². The predicted octanol–water partition coefficient (Wildman–Crippen LogP) is 2.62. The molecule has 12 heavy (non-hydrogen) atoms. The molecule has 0 amide bonds. The number of rotatable bonds is 2. The molecule has 0 fully saturated rings. The topological polar surface area (TPSA) is 35.5 Å². The maximum atomic E-state index is 9.88. The normalized spacial score (nSPS) is 8.17. The van der Waals surface area contributed by atoms with Crippen LogP contribution in [0.4, 0.5) is 0 Å². The van der Waals surface area contributed by atoms with Crippen molar-refractivity contribution >= 4 is 8.25 Å². The molecule has 0 aliphatic rings. The van der Waals surface area contributed by atoms with Crippen LogP contribution in [-0.2, 0) is 13.6 Å². The lowest BCUT2D eigenvalue weighted by atomic mass is 10.4. The van der Waals surface area contributed by atoms with Crippen molar-refractivity contribution in [2.24, 2.45) is 0 Å². The molecule has 3 nitrogen and oxygen atoms in total. The Hall–Kier alpha value is -0.760. The fraction of sp³-hybridized carbons (Fsp3) is 0.250. The van der Waals surface area contributed by atoms with Crippen molar-refractivity contribution in [2.75, 3.05) is 14.2 Å². The zero-order valence-corrected chi connectivity index (χ0v) is 8.03. The van der Waals surface area contributed by atoms with Gasteiger partial charge in [0, 0.05) is 4.57 Å². The molecule has 0 N–H and O–H groups in total. The van der Waals surface area contributed by atoms with E-state index in [4.69, 9.17) is 0 Å². The Labute approximate surface area is 73.3 Å². The summed E-state index contributed by atoms with van der Waals surface area (Å²) in [4.78, 5) is 0. The van der Waals surface area contributed by atoms with Gasteiger partial charge < -0.3 is 0 Å². The van der Waals surface area contributed by atoms with Crippen LogP contribution in [0.1, 0.15) is 0 Å². The first-order valence-corrected chi connectivity index (χ1v) is 4.46.